The molecule has 2 aliphatic rings. The van der Waals surface area contributed by atoms with Gasteiger partial charge >= 0.3 is 0 Å². The summed E-state index contributed by atoms with van der Waals surface area (Å²) in [5.41, 5.74) is 0.439. The first-order valence-electron chi connectivity index (χ1n) is 9.81. The summed E-state index contributed by atoms with van der Waals surface area (Å²) in [4.78, 5) is 39.2. The third-order valence-electron chi connectivity index (χ3n) is 5.83. The highest BCUT2D eigenvalue weighted by Gasteiger charge is 2.50. The number of hydrogen-bond acceptors (Lipinski definition) is 5. The van der Waals surface area contributed by atoms with Crippen molar-refractivity contribution >= 4 is 27.7 Å². The maximum atomic E-state index is 12.7. The van der Waals surface area contributed by atoms with Gasteiger partial charge in [-0.3, -0.25) is 19.3 Å². The number of nitrogens with one attached hydrogen (secondary N) is 1. The van der Waals surface area contributed by atoms with Crippen LogP contribution in [0.5, 0.6) is 0 Å². The van der Waals surface area contributed by atoms with Crippen molar-refractivity contribution in [2.45, 2.75) is 50.1 Å². The highest BCUT2D eigenvalue weighted by molar-refractivity contribution is 7.89. The van der Waals surface area contributed by atoms with E-state index in [1.807, 2.05) is 0 Å². The standard InChI is InChI=1S/C20H27N3O5S/c1-13(23-19(25)15-9-5-6-10-16(15)20(23)26)18(24)21-12-14-8-4-7-11-17(14)29(27,28)22(2)3/h4,7-8,11,13,15-16H,5-6,9-10,12H2,1-3H3,(H,21,24)/t13-,15+,16+/m1/s1. The van der Waals surface area contributed by atoms with Crippen LogP contribution in [0.1, 0.15) is 38.2 Å². The summed E-state index contributed by atoms with van der Waals surface area (Å²) >= 11 is 0. The molecule has 2 fully saturated rings. The zero-order valence-electron chi connectivity index (χ0n) is 16.9. The molecule has 1 aliphatic heterocycles. The van der Waals surface area contributed by atoms with E-state index in [0.717, 1.165) is 22.0 Å². The van der Waals surface area contributed by atoms with Crippen molar-refractivity contribution in [2.24, 2.45) is 11.8 Å². The molecule has 1 aromatic carbocycles. The second-order valence-corrected chi connectivity index (χ2v) is 9.95. The number of amides is 3. The molecule has 3 rings (SSSR count). The van der Waals surface area contributed by atoms with Crippen molar-refractivity contribution < 1.29 is 22.8 Å². The fraction of sp³-hybridized carbons (Fsp3) is 0.550. The Morgan fingerprint density at radius 3 is 2.24 bits per heavy atom. The maximum Gasteiger partial charge on any atom is 0.243 e. The molecule has 0 bridgehead atoms. The van der Waals surface area contributed by atoms with Gasteiger partial charge in [-0.25, -0.2) is 12.7 Å². The predicted octanol–water partition coefficient (Wildman–Crippen LogP) is 1.12. The fourth-order valence-electron chi connectivity index (χ4n) is 4.12. The number of carbonyl (C=O) groups is 3. The molecule has 3 amide bonds. The van der Waals surface area contributed by atoms with Crippen molar-refractivity contribution in [2.75, 3.05) is 14.1 Å². The van der Waals surface area contributed by atoms with Gasteiger partial charge in [0.1, 0.15) is 6.04 Å². The highest BCUT2D eigenvalue weighted by atomic mass is 32.2. The molecular formula is C20H27N3O5S. The van der Waals surface area contributed by atoms with Gasteiger partial charge in [0.05, 0.1) is 16.7 Å². The predicted molar refractivity (Wildman–Crippen MR) is 106 cm³/mol. The monoisotopic (exact) mass is 421 g/mol. The lowest BCUT2D eigenvalue weighted by atomic mass is 9.81. The third-order valence-corrected chi connectivity index (χ3v) is 7.74. The number of likely N-dealkylation sites (tertiary alicyclic amines) is 1. The number of carbonyl (C=O) groups excluding carboxylic acids is 3. The molecule has 1 aromatic rings. The smallest absolute Gasteiger partial charge is 0.243 e. The molecule has 0 spiro atoms. The Balaban J connectivity index is 1.72. The van der Waals surface area contributed by atoms with Gasteiger partial charge in [0.25, 0.3) is 0 Å². The van der Waals surface area contributed by atoms with E-state index in [-0.39, 0.29) is 35.1 Å². The zero-order valence-corrected chi connectivity index (χ0v) is 17.7. The first-order chi connectivity index (χ1) is 13.7. The van der Waals surface area contributed by atoms with E-state index in [0.29, 0.717) is 18.4 Å². The van der Waals surface area contributed by atoms with E-state index in [2.05, 4.69) is 5.32 Å². The topological polar surface area (TPSA) is 104 Å². The van der Waals surface area contributed by atoms with Crippen LogP contribution in [0.15, 0.2) is 29.2 Å². The quantitative estimate of drug-likeness (QED) is 0.693. The van der Waals surface area contributed by atoms with Gasteiger partial charge in [-0.05, 0) is 31.4 Å². The molecule has 1 aliphatic carbocycles. The van der Waals surface area contributed by atoms with Gasteiger partial charge in [0.15, 0.2) is 0 Å². The Bertz CT molecular complexity index is 904. The highest BCUT2D eigenvalue weighted by Crippen LogP contribution is 2.38. The van der Waals surface area contributed by atoms with Crippen LogP contribution in [0.3, 0.4) is 0 Å². The Morgan fingerprint density at radius 2 is 1.69 bits per heavy atom. The molecule has 1 saturated carbocycles. The minimum atomic E-state index is -3.66. The molecule has 29 heavy (non-hydrogen) atoms. The summed E-state index contributed by atoms with van der Waals surface area (Å²) in [6.07, 6.45) is 3.23. The lowest BCUT2D eigenvalue weighted by molar-refractivity contribution is -0.147. The van der Waals surface area contributed by atoms with Gasteiger partial charge in [0, 0.05) is 20.6 Å². The van der Waals surface area contributed by atoms with Crippen LogP contribution in [-0.4, -0.2) is 55.5 Å². The first kappa shape index (κ1) is 21.4. The van der Waals surface area contributed by atoms with Crippen molar-refractivity contribution in [3.05, 3.63) is 29.8 Å². The molecule has 1 heterocycles. The molecule has 0 unspecified atom stereocenters. The van der Waals surface area contributed by atoms with Gasteiger partial charge in [-0.2, -0.15) is 0 Å². The SMILES string of the molecule is C[C@H](C(=O)NCc1ccccc1S(=O)(=O)N(C)C)N1C(=O)[C@H]2CCCC[C@@H]2C1=O. The van der Waals surface area contributed by atoms with Crippen LogP contribution in [0, 0.1) is 11.8 Å². The normalized spacial score (nSPS) is 23.2. The van der Waals surface area contributed by atoms with E-state index in [1.54, 1.807) is 18.2 Å². The molecule has 158 valence electrons. The Labute approximate surface area is 171 Å². The van der Waals surface area contributed by atoms with Crippen LogP contribution >= 0.6 is 0 Å². The third kappa shape index (κ3) is 3.93. The number of benzene rings is 1. The number of imide groups is 1. The van der Waals surface area contributed by atoms with Crippen LogP contribution in [-0.2, 0) is 31.0 Å². The lowest BCUT2D eigenvalue weighted by Crippen LogP contribution is -2.48. The van der Waals surface area contributed by atoms with E-state index in [1.165, 1.54) is 27.1 Å². The largest absolute Gasteiger partial charge is 0.350 e. The van der Waals surface area contributed by atoms with Crippen LogP contribution < -0.4 is 5.32 Å². The summed E-state index contributed by atoms with van der Waals surface area (Å²) < 4.78 is 26.1. The molecule has 3 atom stereocenters. The Hall–Kier alpha value is -2.26. The summed E-state index contributed by atoms with van der Waals surface area (Å²) in [5, 5.41) is 2.68. The van der Waals surface area contributed by atoms with Crippen LogP contribution in [0.4, 0.5) is 0 Å². The molecule has 1 saturated heterocycles. The Morgan fingerprint density at radius 1 is 1.14 bits per heavy atom. The van der Waals surface area contributed by atoms with Crippen molar-refractivity contribution in [1.82, 2.24) is 14.5 Å². The van der Waals surface area contributed by atoms with Gasteiger partial charge < -0.3 is 5.32 Å². The number of fused-ring (bicyclic) bond motifs is 1. The summed E-state index contributed by atoms with van der Waals surface area (Å²) in [6, 6.07) is 5.49. The van der Waals surface area contributed by atoms with Crippen LogP contribution in [0.2, 0.25) is 0 Å². The average Bonchev–Trinajstić information content (AvgIpc) is 2.96. The minimum Gasteiger partial charge on any atom is -0.350 e. The van der Waals surface area contributed by atoms with Crippen molar-refractivity contribution in [1.29, 1.82) is 0 Å². The number of rotatable bonds is 6. The molecular weight excluding hydrogens is 394 g/mol. The van der Waals surface area contributed by atoms with Crippen LogP contribution in [0.25, 0.3) is 0 Å². The van der Waals surface area contributed by atoms with Gasteiger partial charge in [0.2, 0.25) is 27.7 Å². The molecule has 0 radical (unpaired) electrons. The van der Waals surface area contributed by atoms with E-state index in [4.69, 9.17) is 0 Å². The number of nitrogens with zero attached hydrogens (tertiary/aromatic N) is 2. The molecule has 8 nitrogen and oxygen atoms in total. The van der Waals surface area contributed by atoms with Gasteiger partial charge in [-0.15, -0.1) is 0 Å². The number of hydrogen-bond donors (Lipinski definition) is 1. The van der Waals surface area contributed by atoms with E-state index >= 15 is 0 Å². The second kappa shape index (κ2) is 8.23. The molecule has 9 heteroatoms. The number of sulfonamides is 1. The summed E-state index contributed by atoms with van der Waals surface area (Å²) in [5.74, 6) is -1.63. The second-order valence-electron chi connectivity index (χ2n) is 7.83. The van der Waals surface area contributed by atoms with Gasteiger partial charge in [-0.1, -0.05) is 31.0 Å². The van der Waals surface area contributed by atoms with E-state index in [9.17, 15) is 22.8 Å². The first-order valence-corrected chi connectivity index (χ1v) is 11.2. The molecule has 1 N–H and O–H groups in total. The lowest BCUT2D eigenvalue weighted by Gasteiger charge is -2.23. The minimum absolute atomic E-state index is 0.0184. The van der Waals surface area contributed by atoms with Crippen molar-refractivity contribution in [3.63, 3.8) is 0 Å². The van der Waals surface area contributed by atoms with E-state index < -0.39 is 22.0 Å². The fourth-order valence-corrected chi connectivity index (χ4v) is 5.23. The summed E-state index contributed by atoms with van der Waals surface area (Å²) in [6.45, 7) is 1.51. The average molecular weight is 422 g/mol. The summed E-state index contributed by atoms with van der Waals surface area (Å²) in [7, 11) is -0.777. The Kier molecular flexibility index (Phi) is 6.09. The zero-order chi connectivity index (χ0) is 21.3. The maximum absolute atomic E-state index is 12.7. The molecule has 0 aromatic heterocycles. The van der Waals surface area contributed by atoms with Crippen molar-refractivity contribution in [3.8, 4) is 0 Å².